The molecule has 8 heteroatoms. The molecular weight excluding hydrogens is 456 g/mol. The number of halogens is 3. The minimum absolute atomic E-state index is 0.00317. The van der Waals surface area contributed by atoms with Crippen molar-refractivity contribution in [3.63, 3.8) is 0 Å². The van der Waals surface area contributed by atoms with E-state index in [0.717, 1.165) is 22.7 Å². The zero-order valence-corrected chi connectivity index (χ0v) is 15.1. The third-order valence-corrected chi connectivity index (χ3v) is 4.92. The van der Waals surface area contributed by atoms with Crippen LogP contribution in [0.5, 0.6) is 0 Å². The summed E-state index contributed by atoms with van der Waals surface area (Å²) in [5.41, 5.74) is 0.504. The number of rotatable bonds is 3. The molecule has 1 saturated heterocycles. The molecule has 0 aliphatic carbocycles. The van der Waals surface area contributed by atoms with Gasteiger partial charge in [0.2, 0.25) is 0 Å². The van der Waals surface area contributed by atoms with Crippen molar-refractivity contribution in [1.82, 2.24) is 4.90 Å². The second-order valence-electron chi connectivity index (χ2n) is 4.65. The minimum Gasteiger partial charge on any atom is -0.451 e. The standard InChI is InChI=1S/C15H8ClFINO3S/c16-11-5-9(17)2-1-8(11)7-19-14(20)12(23-15(19)21)6-10-3-4-13(18)22-10/h1-6H,7H2/b12-6+. The molecule has 1 aromatic heterocycles. The first-order chi connectivity index (χ1) is 10.9. The molecule has 2 heterocycles. The summed E-state index contributed by atoms with van der Waals surface area (Å²) in [5, 5.41) is -0.225. The van der Waals surface area contributed by atoms with Gasteiger partial charge in [0.25, 0.3) is 11.1 Å². The van der Waals surface area contributed by atoms with Crippen LogP contribution in [-0.4, -0.2) is 16.0 Å². The van der Waals surface area contributed by atoms with Gasteiger partial charge in [-0.25, -0.2) is 4.39 Å². The molecule has 1 aliphatic heterocycles. The third-order valence-electron chi connectivity index (χ3n) is 3.08. The summed E-state index contributed by atoms with van der Waals surface area (Å²) >= 11 is 8.79. The molecule has 0 bridgehead atoms. The van der Waals surface area contributed by atoms with Crippen LogP contribution in [0.25, 0.3) is 6.08 Å². The van der Waals surface area contributed by atoms with E-state index in [9.17, 15) is 14.0 Å². The molecule has 0 N–H and O–H groups in total. The first kappa shape index (κ1) is 16.5. The van der Waals surface area contributed by atoms with Gasteiger partial charge in [0.1, 0.15) is 11.6 Å². The van der Waals surface area contributed by atoms with E-state index >= 15 is 0 Å². The maximum absolute atomic E-state index is 13.1. The average Bonchev–Trinajstić information content (AvgIpc) is 3.00. The van der Waals surface area contributed by atoms with Gasteiger partial charge in [0.15, 0.2) is 3.77 Å². The number of hydrogen-bond acceptors (Lipinski definition) is 4. The molecule has 0 unspecified atom stereocenters. The molecule has 118 valence electrons. The maximum Gasteiger partial charge on any atom is 0.293 e. The lowest BCUT2D eigenvalue weighted by atomic mass is 10.2. The number of hydrogen-bond donors (Lipinski definition) is 0. The largest absolute Gasteiger partial charge is 0.451 e. The lowest BCUT2D eigenvalue weighted by Gasteiger charge is -2.13. The molecule has 3 rings (SSSR count). The van der Waals surface area contributed by atoms with Crippen LogP contribution in [0.4, 0.5) is 9.18 Å². The SMILES string of the molecule is O=C1S/C(=C/c2ccc(I)o2)C(=O)N1Cc1ccc(F)cc1Cl. The van der Waals surface area contributed by atoms with Crippen LogP contribution < -0.4 is 0 Å². The van der Waals surface area contributed by atoms with Crippen LogP contribution in [0.3, 0.4) is 0 Å². The Morgan fingerprint density at radius 3 is 2.74 bits per heavy atom. The fraction of sp³-hybridized carbons (Fsp3) is 0.0667. The Kier molecular flexibility index (Phi) is 4.79. The Hall–Kier alpha value is -1.32. The first-order valence-corrected chi connectivity index (χ1v) is 8.66. The van der Waals surface area contributed by atoms with Gasteiger partial charge in [-0.3, -0.25) is 14.5 Å². The zero-order valence-electron chi connectivity index (χ0n) is 11.4. The number of benzene rings is 1. The predicted molar refractivity (Wildman–Crippen MR) is 94.3 cm³/mol. The summed E-state index contributed by atoms with van der Waals surface area (Å²) < 4.78 is 19.1. The van der Waals surface area contributed by atoms with E-state index in [0.29, 0.717) is 15.1 Å². The Morgan fingerprint density at radius 2 is 2.09 bits per heavy atom. The van der Waals surface area contributed by atoms with Crippen molar-refractivity contribution in [2.24, 2.45) is 0 Å². The molecular formula is C15H8ClFINO3S. The highest BCUT2D eigenvalue weighted by Crippen LogP contribution is 2.34. The molecule has 2 amide bonds. The van der Waals surface area contributed by atoms with Crippen molar-refractivity contribution in [3.05, 3.63) is 61.2 Å². The van der Waals surface area contributed by atoms with Crippen LogP contribution in [0, 0.1) is 9.58 Å². The lowest BCUT2D eigenvalue weighted by Crippen LogP contribution is -2.27. The van der Waals surface area contributed by atoms with Gasteiger partial charge in [0, 0.05) is 11.1 Å². The average molecular weight is 464 g/mol. The summed E-state index contributed by atoms with van der Waals surface area (Å²) in [7, 11) is 0. The van der Waals surface area contributed by atoms with Crippen molar-refractivity contribution in [3.8, 4) is 0 Å². The number of amides is 2. The van der Waals surface area contributed by atoms with E-state index in [2.05, 4.69) is 0 Å². The second-order valence-corrected chi connectivity index (χ2v) is 7.11. The van der Waals surface area contributed by atoms with Crippen molar-refractivity contribution < 1.29 is 18.4 Å². The lowest BCUT2D eigenvalue weighted by molar-refractivity contribution is -0.123. The predicted octanol–water partition coefficient (Wildman–Crippen LogP) is 4.91. The second kappa shape index (κ2) is 6.66. The molecule has 1 aromatic carbocycles. The van der Waals surface area contributed by atoms with E-state index in [4.69, 9.17) is 16.0 Å². The van der Waals surface area contributed by atoms with Gasteiger partial charge in [-0.05, 0) is 64.2 Å². The van der Waals surface area contributed by atoms with Gasteiger partial charge < -0.3 is 4.42 Å². The van der Waals surface area contributed by atoms with Crippen molar-refractivity contribution in [2.75, 3.05) is 0 Å². The Bertz CT molecular complexity index is 836. The van der Waals surface area contributed by atoms with Crippen LogP contribution in [0.15, 0.2) is 39.7 Å². The zero-order chi connectivity index (χ0) is 16.6. The molecule has 23 heavy (non-hydrogen) atoms. The molecule has 2 aromatic rings. The minimum atomic E-state index is -0.472. The summed E-state index contributed by atoms with van der Waals surface area (Å²) in [4.78, 5) is 25.8. The number of carbonyl (C=O) groups is 2. The third kappa shape index (κ3) is 3.61. The molecule has 1 aliphatic rings. The quantitative estimate of drug-likeness (QED) is 0.479. The van der Waals surface area contributed by atoms with E-state index in [1.54, 1.807) is 12.1 Å². The van der Waals surface area contributed by atoms with Gasteiger partial charge in [0.05, 0.1) is 11.4 Å². The smallest absolute Gasteiger partial charge is 0.293 e. The highest BCUT2D eigenvalue weighted by Gasteiger charge is 2.35. The number of thioether (sulfide) groups is 1. The summed E-state index contributed by atoms with van der Waals surface area (Å²) in [5.74, 6) is -0.397. The highest BCUT2D eigenvalue weighted by atomic mass is 127. The number of furan rings is 1. The molecule has 1 fully saturated rings. The molecule has 0 saturated carbocycles. The number of carbonyl (C=O) groups excluding carboxylic acids is 2. The summed E-state index contributed by atoms with van der Waals surface area (Å²) in [6.07, 6.45) is 1.53. The van der Waals surface area contributed by atoms with Gasteiger partial charge >= 0.3 is 0 Å². The van der Waals surface area contributed by atoms with Crippen molar-refractivity contribution >= 4 is 63.2 Å². The van der Waals surface area contributed by atoms with Gasteiger partial charge in [-0.1, -0.05) is 17.7 Å². The van der Waals surface area contributed by atoms with Crippen LogP contribution >= 0.6 is 46.0 Å². The van der Waals surface area contributed by atoms with Crippen molar-refractivity contribution in [1.29, 1.82) is 0 Å². The molecule has 0 atom stereocenters. The fourth-order valence-corrected chi connectivity index (χ4v) is 3.47. The van der Waals surface area contributed by atoms with E-state index in [-0.39, 0.29) is 16.5 Å². The topological polar surface area (TPSA) is 50.5 Å². The Labute approximate surface area is 153 Å². The number of nitrogens with zero attached hydrogens (tertiary/aromatic N) is 1. The van der Waals surface area contributed by atoms with Crippen LogP contribution in [-0.2, 0) is 11.3 Å². The number of imide groups is 1. The monoisotopic (exact) mass is 463 g/mol. The van der Waals surface area contributed by atoms with Crippen molar-refractivity contribution in [2.45, 2.75) is 6.54 Å². The van der Waals surface area contributed by atoms with Crippen LogP contribution in [0.1, 0.15) is 11.3 Å². The maximum atomic E-state index is 13.1. The highest BCUT2D eigenvalue weighted by molar-refractivity contribution is 14.1. The normalized spacial score (nSPS) is 16.7. The fourth-order valence-electron chi connectivity index (χ4n) is 1.99. The van der Waals surface area contributed by atoms with E-state index in [1.807, 2.05) is 22.6 Å². The molecule has 0 spiro atoms. The van der Waals surface area contributed by atoms with Gasteiger partial charge in [-0.15, -0.1) is 0 Å². The van der Waals surface area contributed by atoms with E-state index < -0.39 is 17.0 Å². The molecule has 4 nitrogen and oxygen atoms in total. The Balaban J connectivity index is 1.82. The van der Waals surface area contributed by atoms with E-state index in [1.165, 1.54) is 18.2 Å². The van der Waals surface area contributed by atoms with Crippen LogP contribution in [0.2, 0.25) is 5.02 Å². The van der Waals surface area contributed by atoms with Gasteiger partial charge in [-0.2, -0.15) is 0 Å². The Morgan fingerprint density at radius 1 is 1.30 bits per heavy atom. The summed E-state index contributed by atoms with van der Waals surface area (Å²) in [6, 6.07) is 7.32. The molecule has 0 radical (unpaired) electrons. The first-order valence-electron chi connectivity index (χ1n) is 6.38. The summed E-state index contributed by atoms with van der Waals surface area (Å²) in [6.45, 7) is -0.00317.